The lowest BCUT2D eigenvalue weighted by Gasteiger charge is -2.35. The maximum absolute atomic E-state index is 10.3. The second-order valence-corrected chi connectivity index (χ2v) is 4.48. The Morgan fingerprint density at radius 2 is 2.31 bits per heavy atom. The third-order valence-corrected chi connectivity index (χ3v) is 3.48. The SMILES string of the molecule is CCCC(C)C(C)(O)C1CCOC1. The fourth-order valence-corrected chi connectivity index (χ4v) is 2.12. The van der Waals surface area contributed by atoms with Crippen molar-refractivity contribution >= 4 is 0 Å². The first-order valence-electron chi connectivity index (χ1n) is 5.39. The average Bonchev–Trinajstić information content (AvgIpc) is 2.56. The number of rotatable bonds is 4. The number of ether oxygens (including phenoxy) is 1. The molecule has 0 spiro atoms. The molecule has 0 radical (unpaired) electrons. The van der Waals surface area contributed by atoms with Crippen molar-refractivity contribution in [1.82, 2.24) is 0 Å². The van der Waals surface area contributed by atoms with E-state index in [1.807, 2.05) is 6.92 Å². The molecule has 0 amide bonds. The number of aliphatic hydroxyl groups is 1. The van der Waals surface area contributed by atoms with Gasteiger partial charge in [-0.05, 0) is 25.7 Å². The summed E-state index contributed by atoms with van der Waals surface area (Å²) in [4.78, 5) is 0. The molecular weight excluding hydrogens is 164 g/mol. The molecule has 1 saturated heterocycles. The van der Waals surface area contributed by atoms with Crippen LogP contribution in [0.15, 0.2) is 0 Å². The number of hydrogen-bond donors (Lipinski definition) is 1. The molecule has 1 heterocycles. The molecule has 3 unspecified atom stereocenters. The normalized spacial score (nSPS) is 30.0. The van der Waals surface area contributed by atoms with Gasteiger partial charge in [0.2, 0.25) is 0 Å². The zero-order valence-electron chi connectivity index (χ0n) is 9.05. The van der Waals surface area contributed by atoms with Crippen LogP contribution in [0, 0.1) is 11.8 Å². The van der Waals surface area contributed by atoms with Gasteiger partial charge >= 0.3 is 0 Å². The van der Waals surface area contributed by atoms with E-state index in [1.165, 1.54) is 0 Å². The Balaban J connectivity index is 2.51. The second kappa shape index (κ2) is 4.43. The van der Waals surface area contributed by atoms with Crippen molar-refractivity contribution in [2.45, 2.75) is 45.6 Å². The van der Waals surface area contributed by atoms with Crippen molar-refractivity contribution in [3.63, 3.8) is 0 Å². The van der Waals surface area contributed by atoms with E-state index < -0.39 is 5.60 Å². The third kappa shape index (κ3) is 2.44. The highest BCUT2D eigenvalue weighted by Gasteiger charge is 2.38. The van der Waals surface area contributed by atoms with Crippen LogP contribution in [0.2, 0.25) is 0 Å². The predicted molar refractivity (Wildman–Crippen MR) is 53.6 cm³/mol. The molecule has 0 aliphatic carbocycles. The molecule has 0 aromatic rings. The smallest absolute Gasteiger partial charge is 0.0695 e. The molecule has 1 fully saturated rings. The van der Waals surface area contributed by atoms with Gasteiger partial charge in [-0.15, -0.1) is 0 Å². The van der Waals surface area contributed by atoms with Crippen molar-refractivity contribution in [3.8, 4) is 0 Å². The minimum Gasteiger partial charge on any atom is -0.390 e. The van der Waals surface area contributed by atoms with Gasteiger partial charge in [0.15, 0.2) is 0 Å². The fourth-order valence-electron chi connectivity index (χ4n) is 2.12. The first-order chi connectivity index (χ1) is 6.09. The molecule has 1 aliphatic heterocycles. The molecule has 1 N–H and O–H groups in total. The van der Waals surface area contributed by atoms with E-state index in [9.17, 15) is 5.11 Å². The van der Waals surface area contributed by atoms with Gasteiger partial charge in [-0.2, -0.15) is 0 Å². The highest BCUT2D eigenvalue weighted by atomic mass is 16.5. The van der Waals surface area contributed by atoms with Crippen LogP contribution >= 0.6 is 0 Å². The summed E-state index contributed by atoms with van der Waals surface area (Å²) in [5, 5.41) is 10.3. The predicted octanol–water partition coefficient (Wildman–Crippen LogP) is 2.21. The summed E-state index contributed by atoms with van der Waals surface area (Å²) in [6.07, 6.45) is 3.26. The van der Waals surface area contributed by atoms with Crippen LogP contribution in [-0.4, -0.2) is 23.9 Å². The molecular formula is C11H22O2. The molecule has 2 nitrogen and oxygen atoms in total. The van der Waals surface area contributed by atoms with Gasteiger partial charge < -0.3 is 9.84 Å². The lowest BCUT2D eigenvalue weighted by molar-refractivity contribution is -0.0523. The Morgan fingerprint density at radius 3 is 2.77 bits per heavy atom. The molecule has 0 bridgehead atoms. The maximum atomic E-state index is 10.3. The molecule has 1 aliphatic rings. The molecule has 78 valence electrons. The minimum atomic E-state index is -0.535. The monoisotopic (exact) mass is 186 g/mol. The molecule has 1 rings (SSSR count). The van der Waals surface area contributed by atoms with Crippen molar-refractivity contribution in [1.29, 1.82) is 0 Å². The van der Waals surface area contributed by atoms with Crippen LogP contribution in [0.4, 0.5) is 0 Å². The van der Waals surface area contributed by atoms with E-state index in [-0.39, 0.29) is 0 Å². The van der Waals surface area contributed by atoms with E-state index in [0.29, 0.717) is 11.8 Å². The Bertz CT molecular complexity index is 148. The Kier molecular flexibility index (Phi) is 3.74. The van der Waals surface area contributed by atoms with Gasteiger partial charge in [0, 0.05) is 12.5 Å². The Labute approximate surface area is 81.3 Å². The zero-order valence-corrected chi connectivity index (χ0v) is 9.05. The summed E-state index contributed by atoms with van der Waals surface area (Å²) in [5.41, 5.74) is -0.535. The quantitative estimate of drug-likeness (QED) is 0.729. The van der Waals surface area contributed by atoms with Crippen molar-refractivity contribution < 1.29 is 9.84 Å². The first-order valence-corrected chi connectivity index (χ1v) is 5.39. The van der Waals surface area contributed by atoms with Gasteiger partial charge in [0.05, 0.1) is 12.2 Å². The van der Waals surface area contributed by atoms with Crippen LogP contribution in [0.5, 0.6) is 0 Å². The summed E-state index contributed by atoms with van der Waals surface area (Å²) in [6.45, 7) is 7.83. The van der Waals surface area contributed by atoms with Crippen molar-refractivity contribution in [3.05, 3.63) is 0 Å². The summed E-state index contributed by atoms with van der Waals surface area (Å²) in [5.74, 6) is 0.721. The van der Waals surface area contributed by atoms with Crippen LogP contribution < -0.4 is 0 Å². The highest BCUT2D eigenvalue weighted by Crippen LogP contribution is 2.33. The summed E-state index contributed by atoms with van der Waals surface area (Å²) < 4.78 is 5.31. The summed E-state index contributed by atoms with van der Waals surface area (Å²) in [6, 6.07) is 0. The Hall–Kier alpha value is -0.0800. The molecule has 13 heavy (non-hydrogen) atoms. The summed E-state index contributed by atoms with van der Waals surface area (Å²) >= 11 is 0. The average molecular weight is 186 g/mol. The van der Waals surface area contributed by atoms with Crippen molar-refractivity contribution in [2.24, 2.45) is 11.8 Å². The number of hydrogen-bond acceptors (Lipinski definition) is 2. The van der Waals surface area contributed by atoms with E-state index in [2.05, 4.69) is 13.8 Å². The fraction of sp³-hybridized carbons (Fsp3) is 1.00. The van der Waals surface area contributed by atoms with Gasteiger partial charge in [0.25, 0.3) is 0 Å². The molecule has 2 heteroatoms. The van der Waals surface area contributed by atoms with Crippen LogP contribution in [0.3, 0.4) is 0 Å². The zero-order chi connectivity index (χ0) is 9.90. The van der Waals surface area contributed by atoms with E-state index in [4.69, 9.17) is 4.74 Å². The van der Waals surface area contributed by atoms with E-state index in [0.717, 1.165) is 32.5 Å². The molecule has 3 atom stereocenters. The molecule has 0 saturated carbocycles. The van der Waals surface area contributed by atoms with Gasteiger partial charge in [-0.3, -0.25) is 0 Å². The second-order valence-electron chi connectivity index (χ2n) is 4.48. The molecule has 0 aromatic carbocycles. The maximum Gasteiger partial charge on any atom is 0.0695 e. The first kappa shape index (κ1) is 11.0. The van der Waals surface area contributed by atoms with Crippen LogP contribution in [0.25, 0.3) is 0 Å². The minimum absolute atomic E-state index is 0.342. The lowest BCUT2D eigenvalue weighted by Crippen LogP contribution is -2.41. The van der Waals surface area contributed by atoms with Gasteiger partial charge in [-0.25, -0.2) is 0 Å². The van der Waals surface area contributed by atoms with Gasteiger partial charge in [-0.1, -0.05) is 20.3 Å². The largest absolute Gasteiger partial charge is 0.390 e. The molecule has 0 aromatic heterocycles. The van der Waals surface area contributed by atoms with Crippen molar-refractivity contribution in [2.75, 3.05) is 13.2 Å². The Morgan fingerprint density at radius 1 is 1.62 bits per heavy atom. The summed E-state index contributed by atoms with van der Waals surface area (Å²) in [7, 11) is 0. The third-order valence-electron chi connectivity index (χ3n) is 3.48. The van der Waals surface area contributed by atoms with E-state index >= 15 is 0 Å². The van der Waals surface area contributed by atoms with Crippen LogP contribution in [0.1, 0.15) is 40.0 Å². The highest BCUT2D eigenvalue weighted by molar-refractivity contribution is 4.88. The standard InChI is InChI=1S/C11H22O2/c1-4-5-9(2)11(3,12)10-6-7-13-8-10/h9-10,12H,4-8H2,1-3H3. The lowest BCUT2D eigenvalue weighted by atomic mass is 9.77. The van der Waals surface area contributed by atoms with E-state index in [1.54, 1.807) is 0 Å². The topological polar surface area (TPSA) is 29.5 Å². The van der Waals surface area contributed by atoms with Crippen LogP contribution in [-0.2, 0) is 4.74 Å². The van der Waals surface area contributed by atoms with Gasteiger partial charge in [0.1, 0.15) is 0 Å².